The van der Waals surface area contributed by atoms with Crippen LogP contribution in [0.2, 0.25) is 0 Å². The molecule has 8 heteroatoms. The summed E-state index contributed by atoms with van der Waals surface area (Å²) in [5.74, 6) is 0. The summed E-state index contributed by atoms with van der Waals surface area (Å²) in [5.41, 5.74) is 0. The van der Waals surface area contributed by atoms with Gasteiger partial charge in [0.05, 0.1) is 0 Å². The van der Waals surface area contributed by atoms with Gasteiger partial charge in [0.1, 0.15) is 0 Å². The van der Waals surface area contributed by atoms with Crippen LogP contribution in [0.25, 0.3) is 0 Å². The molecule has 0 radical (unpaired) electrons. The van der Waals surface area contributed by atoms with E-state index in [0.29, 0.717) is 0 Å². The zero-order chi connectivity index (χ0) is 7.71. The Kier molecular flexibility index (Phi) is 2.51. The van der Waals surface area contributed by atoms with E-state index in [1.54, 1.807) is 0 Å². The van der Waals surface area contributed by atoms with Crippen molar-refractivity contribution in [2.75, 3.05) is 0 Å². The second-order valence-corrected chi connectivity index (χ2v) is 4.26. The zero-order valence-corrected chi connectivity index (χ0v) is 5.37. The fourth-order valence-corrected chi connectivity index (χ4v) is 1.09. The van der Waals surface area contributed by atoms with Crippen LogP contribution in [-0.2, 0) is 22.4 Å². The van der Waals surface area contributed by atoms with Crippen molar-refractivity contribution in [3.05, 3.63) is 0 Å². The summed E-state index contributed by atoms with van der Waals surface area (Å²) in [6, 6.07) is 0. The van der Waals surface area contributed by atoms with Gasteiger partial charge in [-0.3, -0.25) is 0 Å². The van der Waals surface area contributed by atoms with Crippen molar-refractivity contribution in [2.24, 2.45) is 0 Å². The molecule has 0 heterocycles. The standard InChI is InChI=1S/CF3.Cu.HO3S/c2-1(3)4;;1-4(2)3/h;;(H,1,2,3). The van der Waals surface area contributed by atoms with Crippen molar-refractivity contribution < 1.29 is 40.0 Å². The minimum absolute atomic E-state index is 1.37. The summed E-state index contributed by atoms with van der Waals surface area (Å²) in [4.78, 5) is 0. The molecule has 61 valence electrons. The van der Waals surface area contributed by atoms with Gasteiger partial charge in [0.25, 0.3) is 0 Å². The first kappa shape index (κ1) is 9.22. The molecular formula is CHCuF3O3S. The number of hydrogen-bond donors (Lipinski definition) is 1. The Morgan fingerprint density at radius 2 is 1.67 bits per heavy atom. The van der Waals surface area contributed by atoms with E-state index in [9.17, 15) is 21.6 Å². The van der Waals surface area contributed by atoms with E-state index in [1.165, 1.54) is 0 Å². The second kappa shape index (κ2) is 2.45. The van der Waals surface area contributed by atoms with Crippen molar-refractivity contribution in [3.63, 3.8) is 0 Å². The monoisotopic (exact) mass is 213 g/mol. The Morgan fingerprint density at radius 1 is 1.33 bits per heavy atom. The van der Waals surface area contributed by atoms with Gasteiger partial charge in [-0.15, -0.1) is 0 Å². The molecule has 0 rings (SSSR count). The topological polar surface area (TPSA) is 54.4 Å². The Morgan fingerprint density at radius 3 is 1.67 bits per heavy atom. The van der Waals surface area contributed by atoms with E-state index in [4.69, 9.17) is 4.55 Å². The summed E-state index contributed by atoms with van der Waals surface area (Å²) >= 11 is -1.37. The predicted molar refractivity (Wildman–Crippen MR) is 17.6 cm³/mol. The van der Waals surface area contributed by atoms with Crippen molar-refractivity contribution in [2.45, 2.75) is 5.07 Å². The molecule has 0 unspecified atom stereocenters. The molecular weight excluding hydrogens is 213 g/mol. The van der Waals surface area contributed by atoms with Crippen LogP contribution in [0.1, 0.15) is 0 Å². The van der Waals surface area contributed by atoms with Crippen LogP contribution < -0.4 is 0 Å². The summed E-state index contributed by atoms with van der Waals surface area (Å²) in [7, 11) is -5.00. The molecule has 0 saturated heterocycles. The summed E-state index contributed by atoms with van der Waals surface area (Å²) in [5, 5.41) is -4.95. The first-order valence-electron chi connectivity index (χ1n) is 1.36. The third kappa shape index (κ3) is 8.22. The van der Waals surface area contributed by atoms with Crippen LogP contribution in [0.5, 0.6) is 0 Å². The molecule has 0 bridgehead atoms. The third-order valence-electron chi connectivity index (χ3n) is 0.148. The Balaban J connectivity index is 4.07. The first-order valence-corrected chi connectivity index (χ1v) is 4.26. The molecule has 0 fully saturated rings. The van der Waals surface area contributed by atoms with E-state index in [0.717, 1.165) is 0 Å². The van der Waals surface area contributed by atoms with Crippen molar-refractivity contribution in [3.8, 4) is 0 Å². The van der Waals surface area contributed by atoms with E-state index < -0.39 is 27.4 Å². The van der Waals surface area contributed by atoms with Crippen LogP contribution in [0, 0.1) is 0 Å². The van der Waals surface area contributed by atoms with E-state index >= 15 is 0 Å². The average molecular weight is 214 g/mol. The molecule has 0 aromatic carbocycles. The van der Waals surface area contributed by atoms with Crippen LogP contribution in [0.4, 0.5) is 13.2 Å². The fraction of sp³-hybridized carbons (Fsp3) is 1.00. The van der Waals surface area contributed by atoms with E-state index in [2.05, 4.69) is 0 Å². The molecule has 0 amide bonds. The normalized spacial score (nSPS) is 14.2. The van der Waals surface area contributed by atoms with Gasteiger partial charge in [0.2, 0.25) is 0 Å². The van der Waals surface area contributed by atoms with Gasteiger partial charge >= 0.3 is 53.6 Å². The van der Waals surface area contributed by atoms with Crippen molar-refractivity contribution in [1.29, 1.82) is 0 Å². The van der Waals surface area contributed by atoms with Crippen molar-refractivity contribution >= 4 is 8.54 Å². The van der Waals surface area contributed by atoms with Crippen LogP contribution in [-0.4, -0.2) is 18.0 Å². The Labute approximate surface area is 54.2 Å². The van der Waals surface area contributed by atoms with Gasteiger partial charge in [0.15, 0.2) is 0 Å². The van der Waals surface area contributed by atoms with Gasteiger partial charge in [-0.2, -0.15) is 0 Å². The number of hydrogen-bond acceptors (Lipinski definition) is 2. The molecule has 0 atom stereocenters. The zero-order valence-electron chi connectivity index (χ0n) is 3.61. The number of alkyl halides is 3. The van der Waals surface area contributed by atoms with Gasteiger partial charge in [-0.25, -0.2) is 0 Å². The molecule has 0 aliphatic heterocycles. The van der Waals surface area contributed by atoms with Crippen LogP contribution in [0.15, 0.2) is 0 Å². The van der Waals surface area contributed by atoms with Gasteiger partial charge < -0.3 is 0 Å². The Bertz CT molecular complexity index is 180. The summed E-state index contributed by atoms with van der Waals surface area (Å²) in [6.07, 6.45) is 0. The van der Waals surface area contributed by atoms with Crippen LogP contribution >= 0.6 is 0 Å². The molecule has 0 aliphatic carbocycles. The molecule has 0 saturated carbocycles. The molecule has 0 spiro atoms. The minimum atomic E-state index is -5.00. The number of rotatable bonds is 1. The molecule has 3 nitrogen and oxygen atoms in total. The predicted octanol–water partition coefficient (Wildman–Crippen LogP) is 0.392. The quantitative estimate of drug-likeness (QED) is 0.507. The fourth-order valence-electron chi connectivity index (χ4n) is 0.0882. The molecule has 0 aromatic heterocycles. The Hall–Kier alpha value is 0.219. The molecule has 9 heavy (non-hydrogen) atoms. The first-order chi connectivity index (χ1) is 3.71. The molecule has 0 aliphatic rings. The molecule has 0 aromatic rings. The second-order valence-electron chi connectivity index (χ2n) is 0.819. The average Bonchev–Trinajstić information content (AvgIpc) is 1.14. The van der Waals surface area contributed by atoms with E-state index in [-0.39, 0.29) is 0 Å². The summed E-state index contributed by atoms with van der Waals surface area (Å²) < 4.78 is 59.4. The maximum atomic E-state index is 11.0. The van der Waals surface area contributed by atoms with Gasteiger partial charge in [0, 0.05) is 0 Å². The number of halogens is 3. The third-order valence-corrected chi connectivity index (χ3v) is 1.83. The van der Waals surface area contributed by atoms with Crippen LogP contribution in [0.3, 0.4) is 0 Å². The molecule has 1 N–H and O–H groups in total. The summed E-state index contributed by atoms with van der Waals surface area (Å²) in [6.45, 7) is 0. The maximum absolute atomic E-state index is 11.0. The van der Waals surface area contributed by atoms with Gasteiger partial charge in [-0.05, 0) is 0 Å². The van der Waals surface area contributed by atoms with Crippen molar-refractivity contribution in [1.82, 2.24) is 0 Å². The van der Waals surface area contributed by atoms with Gasteiger partial charge in [-0.1, -0.05) is 0 Å². The SMILES string of the molecule is O=[S](=O)(O)[Cu][C](F)(F)F. The van der Waals surface area contributed by atoms with E-state index in [1.807, 2.05) is 0 Å².